The topological polar surface area (TPSA) is 64.1 Å². The van der Waals surface area contributed by atoms with Gasteiger partial charge in [0.1, 0.15) is 5.75 Å². The fraction of sp³-hybridized carbons (Fsp3) is 0.417. The minimum absolute atomic E-state index is 0.0115. The van der Waals surface area contributed by atoms with E-state index in [4.69, 9.17) is 0 Å². The van der Waals surface area contributed by atoms with Crippen LogP contribution in [0.1, 0.15) is 28.8 Å². The third-order valence-electron chi connectivity index (χ3n) is 6.32. The first-order valence-electron chi connectivity index (χ1n) is 10.7. The van der Waals surface area contributed by atoms with Crippen molar-refractivity contribution >= 4 is 17.5 Å². The number of hydrogen-bond acceptors (Lipinski definition) is 4. The Hall–Kier alpha value is -3.02. The van der Waals surface area contributed by atoms with Crippen molar-refractivity contribution < 1.29 is 14.7 Å². The van der Waals surface area contributed by atoms with Crippen LogP contribution in [0.15, 0.2) is 48.5 Å². The van der Waals surface area contributed by atoms with E-state index in [9.17, 15) is 14.7 Å². The third kappa shape index (κ3) is 4.13. The summed E-state index contributed by atoms with van der Waals surface area (Å²) < 4.78 is 0. The Labute approximate surface area is 177 Å². The molecule has 0 unspecified atom stereocenters. The van der Waals surface area contributed by atoms with Gasteiger partial charge in [0.15, 0.2) is 0 Å². The maximum absolute atomic E-state index is 13.0. The number of nitrogens with zero attached hydrogens (tertiary/aromatic N) is 3. The number of phenols is 1. The molecule has 158 valence electrons. The predicted molar refractivity (Wildman–Crippen MR) is 117 cm³/mol. The van der Waals surface area contributed by atoms with Crippen LogP contribution in [-0.4, -0.2) is 66.0 Å². The highest BCUT2D eigenvalue weighted by atomic mass is 16.3. The molecule has 0 bridgehead atoms. The number of piperidine rings is 1. The van der Waals surface area contributed by atoms with E-state index in [1.807, 2.05) is 59.2 Å². The predicted octanol–water partition coefficient (Wildman–Crippen LogP) is 2.90. The van der Waals surface area contributed by atoms with E-state index < -0.39 is 0 Å². The van der Waals surface area contributed by atoms with Crippen LogP contribution < -0.4 is 4.90 Å². The maximum atomic E-state index is 13.0. The van der Waals surface area contributed by atoms with Gasteiger partial charge in [0.25, 0.3) is 5.91 Å². The first-order valence-corrected chi connectivity index (χ1v) is 10.7. The zero-order chi connectivity index (χ0) is 21.1. The maximum Gasteiger partial charge on any atom is 0.254 e. The van der Waals surface area contributed by atoms with E-state index in [-0.39, 0.29) is 23.5 Å². The minimum atomic E-state index is -0.0115. The van der Waals surface area contributed by atoms with Crippen LogP contribution in [0.5, 0.6) is 5.75 Å². The molecule has 2 saturated heterocycles. The molecule has 6 nitrogen and oxygen atoms in total. The molecule has 0 radical (unpaired) electrons. The standard InChI is InChI=1S/C24H29N3O3/c1-18-6-2-3-7-20(18)24(30)26-12-10-19(11-13-26)23(29)27-16-14-25(15-17-27)21-8-4-5-9-22(21)28/h2-9,19,28H,10-17H2,1H3. The van der Waals surface area contributed by atoms with Gasteiger partial charge in [-0.2, -0.15) is 0 Å². The van der Waals surface area contributed by atoms with Gasteiger partial charge in [-0.3, -0.25) is 9.59 Å². The number of amides is 2. The molecule has 0 atom stereocenters. The van der Waals surface area contributed by atoms with Crippen LogP contribution >= 0.6 is 0 Å². The molecule has 1 N–H and O–H groups in total. The number of anilines is 1. The molecule has 2 amide bonds. The highest BCUT2D eigenvalue weighted by Gasteiger charge is 2.32. The number of carbonyl (C=O) groups excluding carboxylic acids is 2. The molecule has 2 aromatic rings. The van der Waals surface area contributed by atoms with E-state index in [1.165, 1.54) is 0 Å². The smallest absolute Gasteiger partial charge is 0.254 e. The Bertz CT molecular complexity index is 913. The van der Waals surface area contributed by atoms with Crippen molar-refractivity contribution in [2.75, 3.05) is 44.2 Å². The number of para-hydroxylation sites is 2. The van der Waals surface area contributed by atoms with Gasteiger partial charge >= 0.3 is 0 Å². The lowest BCUT2D eigenvalue weighted by atomic mass is 9.94. The second-order valence-electron chi connectivity index (χ2n) is 8.18. The largest absolute Gasteiger partial charge is 0.506 e. The molecule has 2 fully saturated rings. The highest BCUT2D eigenvalue weighted by molar-refractivity contribution is 5.95. The van der Waals surface area contributed by atoms with Gasteiger partial charge in [0.2, 0.25) is 5.91 Å². The Morgan fingerprint density at radius 1 is 0.833 bits per heavy atom. The van der Waals surface area contributed by atoms with Crippen molar-refractivity contribution in [2.24, 2.45) is 5.92 Å². The van der Waals surface area contributed by atoms with Crippen molar-refractivity contribution in [3.63, 3.8) is 0 Å². The van der Waals surface area contributed by atoms with E-state index in [0.717, 1.165) is 29.7 Å². The van der Waals surface area contributed by atoms with E-state index >= 15 is 0 Å². The second kappa shape index (κ2) is 8.78. The molecule has 6 heteroatoms. The minimum Gasteiger partial charge on any atom is -0.506 e. The summed E-state index contributed by atoms with van der Waals surface area (Å²) >= 11 is 0. The Kier molecular flexibility index (Phi) is 5.93. The highest BCUT2D eigenvalue weighted by Crippen LogP contribution is 2.28. The summed E-state index contributed by atoms with van der Waals surface area (Å²) in [6.07, 6.45) is 1.44. The lowest BCUT2D eigenvalue weighted by Crippen LogP contribution is -2.52. The lowest BCUT2D eigenvalue weighted by Gasteiger charge is -2.39. The molecule has 0 aromatic heterocycles. The number of piperazine rings is 1. The molecule has 30 heavy (non-hydrogen) atoms. The number of carbonyl (C=O) groups is 2. The molecular weight excluding hydrogens is 378 g/mol. The summed E-state index contributed by atoms with van der Waals surface area (Å²) in [5, 5.41) is 10.1. The number of hydrogen-bond donors (Lipinski definition) is 1. The summed E-state index contributed by atoms with van der Waals surface area (Å²) in [6, 6.07) is 15.0. The van der Waals surface area contributed by atoms with Crippen molar-refractivity contribution in [1.29, 1.82) is 0 Å². The van der Waals surface area contributed by atoms with Crippen LogP contribution in [0.2, 0.25) is 0 Å². The normalized spacial score (nSPS) is 17.8. The van der Waals surface area contributed by atoms with Crippen molar-refractivity contribution in [3.05, 3.63) is 59.7 Å². The number of likely N-dealkylation sites (tertiary alicyclic amines) is 1. The molecule has 2 aliphatic rings. The van der Waals surface area contributed by atoms with E-state index in [0.29, 0.717) is 39.3 Å². The van der Waals surface area contributed by atoms with Crippen LogP contribution in [0.4, 0.5) is 5.69 Å². The summed E-state index contributed by atoms with van der Waals surface area (Å²) in [5.74, 6) is 0.538. The SMILES string of the molecule is Cc1ccccc1C(=O)N1CCC(C(=O)N2CCN(c3ccccc3O)CC2)CC1. The molecule has 2 aromatic carbocycles. The van der Waals surface area contributed by atoms with Crippen LogP contribution in [0, 0.1) is 12.8 Å². The molecule has 2 aliphatic heterocycles. The first kappa shape index (κ1) is 20.3. The summed E-state index contributed by atoms with van der Waals surface area (Å²) in [7, 11) is 0. The first-order chi connectivity index (χ1) is 14.5. The van der Waals surface area contributed by atoms with Crippen molar-refractivity contribution in [3.8, 4) is 5.75 Å². The fourth-order valence-electron chi connectivity index (χ4n) is 4.47. The molecule has 0 aliphatic carbocycles. The number of aryl methyl sites for hydroxylation is 1. The lowest BCUT2D eigenvalue weighted by molar-refractivity contribution is -0.137. The van der Waals surface area contributed by atoms with Gasteiger partial charge in [0, 0.05) is 50.7 Å². The quantitative estimate of drug-likeness (QED) is 0.850. The number of benzene rings is 2. The van der Waals surface area contributed by atoms with Crippen molar-refractivity contribution in [2.45, 2.75) is 19.8 Å². The average Bonchev–Trinajstić information content (AvgIpc) is 2.79. The fourth-order valence-corrected chi connectivity index (χ4v) is 4.47. The summed E-state index contributed by atoms with van der Waals surface area (Å²) in [6.45, 7) is 5.97. The Balaban J connectivity index is 1.29. The molecule has 0 spiro atoms. The Morgan fingerprint density at radius 2 is 1.47 bits per heavy atom. The third-order valence-corrected chi connectivity index (χ3v) is 6.32. The van der Waals surface area contributed by atoms with Gasteiger partial charge in [0.05, 0.1) is 5.69 Å². The second-order valence-corrected chi connectivity index (χ2v) is 8.18. The molecule has 4 rings (SSSR count). The van der Waals surface area contributed by atoms with Gasteiger partial charge in [-0.1, -0.05) is 30.3 Å². The monoisotopic (exact) mass is 407 g/mol. The Morgan fingerprint density at radius 3 is 2.13 bits per heavy atom. The van der Waals surface area contributed by atoms with Crippen LogP contribution in [0.3, 0.4) is 0 Å². The average molecular weight is 408 g/mol. The van der Waals surface area contributed by atoms with Gasteiger partial charge < -0.3 is 19.8 Å². The van der Waals surface area contributed by atoms with E-state index in [1.54, 1.807) is 6.07 Å². The number of aromatic hydroxyl groups is 1. The van der Waals surface area contributed by atoms with E-state index in [2.05, 4.69) is 4.90 Å². The van der Waals surface area contributed by atoms with Gasteiger partial charge in [-0.15, -0.1) is 0 Å². The molecular formula is C24H29N3O3. The summed E-state index contributed by atoms with van der Waals surface area (Å²) in [5.41, 5.74) is 2.57. The van der Waals surface area contributed by atoms with Crippen molar-refractivity contribution in [1.82, 2.24) is 9.80 Å². The zero-order valence-electron chi connectivity index (χ0n) is 17.5. The summed E-state index contributed by atoms with van der Waals surface area (Å²) in [4.78, 5) is 31.8. The van der Waals surface area contributed by atoms with Gasteiger partial charge in [-0.25, -0.2) is 0 Å². The van der Waals surface area contributed by atoms with Crippen LogP contribution in [-0.2, 0) is 4.79 Å². The van der Waals surface area contributed by atoms with Gasteiger partial charge in [-0.05, 0) is 43.5 Å². The zero-order valence-corrected chi connectivity index (χ0v) is 17.5. The molecule has 2 heterocycles. The van der Waals surface area contributed by atoms with Crippen LogP contribution in [0.25, 0.3) is 0 Å². The molecule has 0 saturated carbocycles. The number of rotatable bonds is 3. The number of phenolic OH excluding ortho intramolecular Hbond substituents is 1.